The van der Waals surface area contributed by atoms with E-state index in [2.05, 4.69) is 4.57 Å². The molecule has 1 N–H and O–H groups in total. The average Bonchev–Trinajstić information content (AvgIpc) is 3.10. The van der Waals surface area contributed by atoms with Crippen LogP contribution in [0.15, 0.2) is 18.2 Å². The molecule has 0 aliphatic heterocycles. The van der Waals surface area contributed by atoms with Crippen molar-refractivity contribution in [2.45, 2.75) is 45.6 Å². The molecule has 1 fully saturated rings. The number of benzene rings is 1. The Hall–Kier alpha value is -1.55. The number of carboxylic acids is 1. The van der Waals surface area contributed by atoms with Crippen molar-refractivity contribution in [3.05, 3.63) is 29.0 Å². The molecule has 4 nitrogen and oxygen atoms in total. The summed E-state index contributed by atoms with van der Waals surface area (Å²) in [4.78, 5) is 15.7. The first-order chi connectivity index (χ1) is 9.85. The Morgan fingerprint density at radius 1 is 1.48 bits per heavy atom. The topological polar surface area (TPSA) is 55.1 Å². The number of aliphatic carboxylic acids is 1. The minimum Gasteiger partial charge on any atom is -0.481 e. The molecular weight excluding hydrogens is 288 g/mol. The van der Waals surface area contributed by atoms with E-state index in [1.165, 1.54) is 0 Å². The Kier molecular flexibility index (Phi) is 3.44. The zero-order valence-corrected chi connectivity index (χ0v) is 13.0. The van der Waals surface area contributed by atoms with Crippen molar-refractivity contribution >= 4 is 28.6 Å². The van der Waals surface area contributed by atoms with Crippen molar-refractivity contribution in [2.24, 2.45) is 5.41 Å². The standard InChI is InChI=1S/C16H19ClN2O2/c1-16(2,9-15(20)21)8-14-18-12-6-3-10(17)7-13(12)19(14)11-4-5-11/h3,6-7,11H,4-5,8-9H2,1-2H3,(H,20,21). The van der Waals surface area contributed by atoms with Gasteiger partial charge in [0.15, 0.2) is 0 Å². The SMILES string of the molecule is CC(C)(CC(=O)O)Cc1nc2ccc(Cl)cc2n1C1CC1. The van der Waals surface area contributed by atoms with Crippen molar-refractivity contribution in [1.82, 2.24) is 9.55 Å². The van der Waals surface area contributed by atoms with Crippen LogP contribution in [-0.2, 0) is 11.2 Å². The van der Waals surface area contributed by atoms with Gasteiger partial charge >= 0.3 is 5.97 Å². The molecule has 0 bridgehead atoms. The molecular formula is C16H19ClN2O2. The van der Waals surface area contributed by atoms with Crippen LogP contribution in [-0.4, -0.2) is 20.6 Å². The van der Waals surface area contributed by atoms with Crippen LogP contribution in [0.3, 0.4) is 0 Å². The molecule has 1 aromatic heterocycles. The zero-order chi connectivity index (χ0) is 15.2. The van der Waals surface area contributed by atoms with Crippen molar-refractivity contribution in [2.75, 3.05) is 0 Å². The van der Waals surface area contributed by atoms with Gasteiger partial charge in [0.05, 0.1) is 17.5 Å². The van der Waals surface area contributed by atoms with Gasteiger partial charge < -0.3 is 9.67 Å². The number of fused-ring (bicyclic) bond motifs is 1. The molecule has 0 saturated heterocycles. The highest BCUT2D eigenvalue weighted by Crippen LogP contribution is 2.40. The zero-order valence-electron chi connectivity index (χ0n) is 12.3. The number of imidazole rings is 1. The van der Waals surface area contributed by atoms with E-state index in [4.69, 9.17) is 21.7 Å². The van der Waals surface area contributed by atoms with E-state index in [1.54, 1.807) is 0 Å². The number of carboxylic acid groups (broad SMARTS) is 1. The maximum atomic E-state index is 11.0. The maximum Gasteiger partial charge on any atom is 0.303 e. The summed E-state index contributed by atoms with van der Waals surface area (Å²) in [6.07, 6.45) is 3.11. The Balaban J connectivity index is 2.01. The first-order valence-corrected chi connectivity index (χ1v) is 7.62. The highest BCUT2D eigenvalue weighted by Gasteiger charge is 2.31. The van der Waals surface area contributed by atoms with Crippen LogP contribution in [0.4, 0.5) is 0 Å². The van der Waals surface area contributed by atoms with Crippen LogP contribution in [0.25, 0.3) is 11.0 Å². The van der Waals surface area contributed by atoms with E-state index in [9.17, 15) is 4.79 Å². The van der Waals surface area contributed by atoms with Crippen LogP contribution >= 0.6 is 11.6 Å². The monoisotopic (exact) mass is 306 g/mol. The molecule has 1 heterocycles. The summed E-state index contributed by atoms with van der Waals surface area (Å²) in [5.74, 6) is 0.207. The van der Waals surface area contributed by atoms with Crippen LogP contribution in [0.5, 0.6) is 0 Å². The predicted octanol–water partition coefficient (Wildman–Crippen LogP) is 4.07. The van der Waals surface area contributed by atoms with Crippen LogP contribution in [0.1, 0.15) is 45.0 Å². The number of halogens is 1. The molecule has 1 aliphatic rings. The van der Waals surface area contributed by atoms with Gasteiger partial charge in [0.1, 0.15) is 5.82 Å². The minimum absolute atomic E-state index is 0.141. The third-order valence-corrected chi connectivity index (χ3v) is 4.14. The molecule has 0 atom stereocenters. The molecule has 0 radical (unpaired) electrons. The number of rotatable bonds is 5. The lowest BCUT2D eigenvalue weighted by Crippen LogP contribution is -2.21. The van der Waals surface area contributed by atoms with Crippen LogP contribution in [0, 0.1) is 5.41 Å². The molecule has 1 aliphatic carbocycles. The summed E-state index contributed by atoms with van der Waals surface area (Å²) in [6, 6.07) is 6.23. The van der Waals surface area contributed by atoms with Crippen molar-refractivity contribution in [1.29, 1.82) is 0 Å². The summed E-state index contributed by atoms with van der Waals surface area (Å²) < 4.78 is 2.25. The first-order valence-electron chi connectivity index (χ1n) is 7.24. The molecule has 1 saturated carbocycles. The summed E-state index contributed by atoms with van der Waals surface area (Å²) in [6.45, 7) is 3.95. The summed E-state index contributed by atoms with van der Waals surface area (Å²) in [5, 5.41) is 9.76. The number of hydrogen-bond donors (Lipinski definition) is 1. The van der Waals surface area contributed by atoms with E-state index >= 15 is 0 Å². The van der Waals surface area contributed by atoms with E-state index in [0.29, 0.717) is 17.5 Å². The number of carbonyl (C=O) groups is 1. The molecule has 0 spiro atoms. The van der Waals surface area contributed by atoms with Crippen molar-refractivity contribution in [3.63, 3.8) is 0 Å². The predicted molar refractivity (Wildman–Crippen MR) is 82.8 cm³/mol. The van der Waals surface area contributed by atoms with Gasteiger partial charge in [0.2, 0.25) is 0 Å². The lowest BCUT2D eigenvalue weighted by Gasteiger charge is -2.22. The van der Waals surface area contributed by atoms with Gasteiger partial charge in [-0.1, -0.05) is 25.4 Å². The fourth-order valence-corrected chi connectivity index (χ4v) is 3.05. The van der Waals surface area contributed by atoms with Gasteiger partial charge in [-0.05, 0) is 36.5 Å². The molecule has 21 heavy (non-hydrogen) atoms. The Morgan fingerprint density at radius 3 is 2.81 bits per heavy atom. The van der Waals surface area contributed by atoms with E-state index in [1.807, 2.05) is 32.0 Å². The van der Waals surface area contributed by atoms with Gasteiger partial charge in [-0.25, -0.2) is 4.98 Å². The third-order valence-electron chi connectivity index (χ3n) is 3.90. The largest absolute Gasteiger partial charge is 0.481 e. The fourth-order valence-electron chi connectivity index (χ4n) is 2.88. The molecule has 0 unspecified atom stereocenters. The van der Waals surface area contributed by atoms with E-state index in [0.717, 1.165) is 29.7 Å². The number of nitrogens with zero attached hydrogens (tertiary/aromatic N) is 2. The van der Waals surface area contributed by atoms with Crippen LogP contribution in [0.2, 0.25) is 5.02 Å². The molecule has 112 valence electrons. The molecule has 5 heteroatoms. The van der Waals surface area contributed by atoms with Gasteiger partial charge in [-0.15, -0.1) is 0 Å². The third kappa shape index (κ3) is 3.05. The smallest absolute Gasteiger partial charge is 0.303 e. The lowest BCUT2D eigenvalue weighted by atomic mass is 9.85. The second kappa shape index (κ2) is 5.02. The van der Waals surface area contributed by atoms with Gasteiger partial charge in [-0.2, -0.15) is 0 Å². The Morgan fingerprint density at radius 2 is 2.19 bits per heavy atom. The van der Waals surface area contributed by atoms with Gasteiger partial charge in [-0.3, -0.25) is 4.79 Å². The highest BCUT2D eigenvalue weighted by atomic mass is 35.5. The van der Waals surface area contributed by atoms with E-state index in [-0.39, 0.29) is 11.8 Å². The average molecular weight is 307 g/mol. The molecule has 3 rings (SSSR count). The van der Waals surface area contributed by atoms with Gasteiger partial charge in [0.25, 0.3) is 0 Å². The quantitative estimate of drug-likeness (QED) is 0.906. The highest BCUT2D eigenvalue weighted by molar-refractivity contribution is 6.31. The Bertz CT molecular complexity index is 702. The molecule has 1 aromatic carbocycles. The Labute approximate surface area is 128 Å². The second-order valence-electron chi connectivity index (χ2n) is 6.67. The van der Waals surface area contributed by atoms with Crippen molar-refractivity contribution < 1.29 is 9.90 Å². The number of hydrogen-bond acceptors (Lipinski definition) is 2. The second-order valence-corrected chi connectivity index (χ2v) is 7.11. The van der Waals surface area contributed by atoms with Gasteiger partial charge in [0, 0.05) is 17.5 Å². The normalized spacial score (nSPS) is 15.6. The summed E-state index contributed by atoms with van der Waals surface area (Å²) >= 11 is 6.11. The number of aromatic nitrogens is 2. The first kappa shape index (κ1) is 14.4. The summed E-state index contributed by atoms with van der Waals surface area (Å²) in [7, 11) is 0. The van der Waals surface area contributed by atoms with E-state index < -0.39 is 5.97 Å². The maximum absolute atomic E-state index is 11.0. The van der Waals surface area contributed by atoms with Crippen LogP contribution < -0.4 is 0 Å². The summed E-state index contributed by atoms with van der Waals surface area (Å²) in [5.41, 5.74) is 1.68. The lowest BCUT2D eigenvalue weighted by molar-refractivity contribution is -0.139. The minimum atomic E-state index is -0.767. The molecule has 0 amide bonds. The molecule has 2 aromatic rings. The fraction of sp³-hybridized carbons (Fsp3) is 0.500. The van der Waals surface area contributed by atoms with Crippen molar-refractivity contribution in [3.8, 4) is 0 Å².